The summed E-state index contributed by atoms with van der Waals surface area (Å²) >= 11 is 1.64. The Labute approximate surface area is 99.0 Å². The summed E-state index contributed by atoms with van der Waals surface area (Å²) in [5.41, 5.74) is 0.954. The zero-order valence-electron chi connectivity index (χ0n) is 9.53. The van der Waals surface area contributed by atoms with E-state index < -0.39 is 5.97 Å². The molecule has 0 unspecified atom stereocenters. The Bertz CT molecular complexity index is 466. The zero-order valence-corrected chi connectivity index (χ0v) is 10.4. The highest BCUT2D eigenvalue weighted by molar-refractivity contribution is 7.12. The quantitative estimate of drug-likeness (QED) is 0.460. The van der Waals surface area contributed by atoms with E-state index >= 15 is 0 Å². The maximum Gasteiger partial charge on any atom is 0.348 e. The van der Waals surface area contributed by atoms with Gasteiger partial charge in [0.25, 0.3) is 0 Å². The van der Waals surface area contributed by atoms with Crippen molar-refractivity contribution < 1.29 is 9.53 Å². The van der Waals surface area contributed by atoms with E-state index in [0.717, 1.165) is 15.3 Å². The van der Waals surface area contributed by atoms with Crippen molar-refractivity contribution in [3.05, 3.63) is 27.0 Å². The standard InChI is InChI=1S/C12H13NO2S/c1-4-15-12(14)11(7-13)6-10-5-8(2)16-9(10)3/h5-6H,4H2,1-3H3/b11-6+. The first-order valence-electron chi connectivity index (χ1n) is 4.94. The summed E-state index contributed by atoms with van der Waals surface area (Å²) < 4.78 is 4.79. The number of carbonyl (C=O) groups excluding carboxylic acids is 1. The summed E-state index contributed by atoms with van der Waals surface area (Å²) in [6.07, 6.45) is 1.58. The van der Waals surface area contributed by atoms with Crippen molar-refractivity contribution in [2.75, 3.05) is 6.61 Å². The van der Waals surface area contributed by atoms with Gasteiger partial charge in [-0.05, 0) is 38.5 Å². The molecule has 0 N–H and O–H groups in total. The molecule has 0 saturated carbocycles. The van der Waals surface area contributed by atoms with Gasteiger partial charge in [-0.15, -0.1) is 11.3 Å². The van der Waals surface area contributed by atoms with Crippen molar-refractivity contribution in [2.24, 2.45) is 0 Å². The summed E-state index contributed by atoms with van der Waals surface area (Å²) in [6, 6.07) is 3.82. The van der Waals surface area contributed by atoms with Crippen LogP contribution in [0.1, 0.15) is 22.2 Å². The number of hydrogen-bond acceptors (Lipinski definition) is 4. The first-order chi connectivity index (χ1) is 7.58. The highest BCUT2D eigenvalue weighted by Crippen LogP contribution is 2.23. The van der Waals surface area contributed by atoms with Crippen LogP contribution in [0.2, 0.25) is 0 Å². The lowest BCUT2D eigenvalue weighted by molar-refractivity contribution is -0.137. The molecule has 1 aromatic heterocycles. The fourth-order valence-electron chi connectivity index (χ4n) is 1.29. The van der Waals surface area contributed by atoms with E-state index in [4.69, 9.17) is 10.00 Å². The third-order valence-corrected chi connectivity index (χ3v) is 2.98. The summed E-state index contributed by atoms with van der Waals surface area (Å²) in [5.74, 6) is -0.562. The summed E-state index contributed by atoms with van der Waals surface area (Å²) in [7, 11) is 0. The second-order valence-corrected chi connectivity index (χ2v) is 4.72. The predicted molar refractivity (Wildman–Crippen MR) is 64.0 cm³/mol. The molecule has 16 heavy (non-hydrogen) atoms. The van der Waals surface area contributed by atoms with Crippen LogP contribution < -0.4 is 0 Å². The van der Waals surface area contributed by atoms with Gasteiger partial charge in [0.2, 0.25) is 0 Å². The number of thiophene rings is 1. The lowest BCUT2D eigenvalue weighted by atomic mass is 10.1. The van der Waals surface area contributed by atoms with Gasteiger partial charge in [0.15, 0.2) is 0 Å². The average molecular weight is 235 g/mol. The van der Waals surface area contributed by atoms with E-state index in [1.54, 1.807) is 24.3 Å². The van der Waals surface area contributed by atoms with Crippen LogP contribution in [0.25, 0.3) is 6.08 Å². The maximum atomic E-state index is 11.4. The molecule has 0 saturated heterocycles. The van der Waals surface area contributed by atoms with Gasteiger partial charge >= 0.3 is 5.97 Å². The van der Waals surface area contributed by atoms with Gasteiger partial charge in [0.05, 0.1) is 6.61 Å². The van der Waals surface area contributed by atoms with Gasteiger partial charge < -0.3 is 4.74 Å². The molecule has 0 aliphatic heterocycles. The van der Waals surface area contributed by atoms with E-state index in [9.17, 15) is 4.79 Å². The fourth-order valence-corrected chi connectivity index (χ4v) is 2.20. The number of esters is 1. The minimum absolute atomic E-state index is 0.0442. The number of nitriles is 1. The van der Waals surface area contributed by atoms with Crippen LogP contribution in [0.5, 0.6) is 0 Å². The van der Waals surface area contributed by atoms with Crippen LogP contribution in [0, 0.1) is 25.2 Å². The van der Waals surface area contributed by atoms with Crippen LogP contribution in [0.4, 0.5) is 0 Å². The normalized spacial score (nSPS) is 11.0. The number of ether oxygens (including phenoxy) is 1. The van der Waals surface area contributed by atoms with Crippen LogP contribution in [-0.4, -0.2) is 12.6 Å². The molecule has 1 aromatic rings. The number of hydrogen-bond donors (Lipinski definition) is 0. The monoisotopic (exact) mass is 235 g/mol. The maximum absolute atomic E-state index is 11.4. The first kappa shape index (κ1) is 12.5. The minimum atomic E-state index is -0.562. The van der Waals surface area contributed by atoms with Crippen molar-refractivity contribution in [3.63, 3.8) is 0 Å². The molecule has 0 radical (unpaired) electrons. The van der Waals surface area contributed by atoms with E-state index in [1.165, 1.54) is 0 Å². The molecule has 1 rings (SSSR count). The molecule has 0 atom stereocenters. The second-order valence-electron chi connectivity index (χ2n) is 3.26. The van der Waals surface area contributed by atoms with Crippen LogP contribution in [0.15, 0.2) is 11.6 Å². The van der Waals surface area contributed by atoms with E-state index in [-0.39, 0.29) is 12.2 Å². The van der Waals surface area contributed by atoms with Gasteiger partial charge in [-0.1, -0.05) is 0 Å². The lowest BCUT2D eigenvalue weighted by Gasteiger charge is -1.98. The smallest absolute Gasteiger partial charge is 0.348 e. The molecule has 3 nitrogen and oxygen atoms in total. The van der Waals surface area contributed by atoms with Crippen molar-refractivity contribution in [2.45, 2.75) is 20.8 Å². The molecule has 0 aromatic carbocycles. The third kappa shape index (κ3) is 2.94. The zero-order chi connectivity index (χ0) is 12.1. The van der Waals surface area contributed by atoms with Crippen LogP contribution in [-0.2, 0) is 9.53 Å². The van der Waals surface area contributed by atoms with Crippen LogP contribution >= 0.6 is 11.3 Å². The predicted octanol–water partition coefficient (Wildman–Crippen LogP) is 2.84. The van der Waals surface area contributed by atoms with Crippen molar-refractivity contribution in [1.29, 1.82) is 5.26 Å². The first-order valence-corrected chi connectivity index (χ1v) is 5.76. The summed E-state index contributed by atoms with van der Waals surface area (Å²) in [5, 5.41) is 8.87. The van der Waals surface area contributed by atoms with E-state index in [0.29, 0.717) is 0 Å². The summed E-state index contributed by atoms with van der Waals surface area (Å²) in [4.78, 5) is 13.6. The second kappa shape index (κ2) is 5.47. The Morgan fingerprint density at radius 1 is 1.62 bits per heavy atom. The van der Waals surface area contributed by atoms with Crippen molar-refractivity contribution in [1.82, 2.24) is 0 Å². The molecular weight excluding hydrogens is 222 g/mol. The number of nitrogens with zero attached hydrogens (tertiary/aromatic N) is 1. The van der Waals surface area contributed by atoms with Gasteiger partial charge in [0, 0.05) is 9.75 Å². The van der Waals surface area contributed by atoms with Crippen molar-refractivity contribution in [3.8, 4) is 6.07 Å². The molecule has 4 heteroatoms. The highest BCUT2D eigenvalue weighted by Gasteiger charge is 2.11. The Kier molecular flexibility index (Phi) is 4.27. The van der Waals surface area contributed by atoms with Gasteiger partial charge in [0.1, 0.15) is 11.6 Å². The SMILES string of the molecule is CCOC(=O)/C(C#N)=C/c1cc(C)sc1C. The molecule has 0 aliphatic carbocycles. The van der Waals surface area contributed by atoms with Crippen LogP contribution in [0.3, 0.4) is 0 Å². The Hall–Kier alpha value is -1.60. The Morgan fingerprint density at radius 3 is 2.75 bits per heavy atom. The molecule has 0 fully saturated rings. The Morgan fingerprint density at radius 2 is 2.31 bits per heavy atom. The number of carbonyl (C=O) groups is 1. The fraction of sp³-hybridized carbons (Fsp3) is 0.333. The van der Waals surface area contributed by atoms with E-state index in [2.05, 4.69) is 0 Å². The summed E-state index contributed by atoms with van der Waals surface area (Å²) in [6.45, 7) is 5.95. The molecular formula is C12H13NO2S. The molecule has 84 valence electrons. The minimum Gasteiger partial charge on any atom is -0.462 e. The molecule has 0 spiro atoms. The van der Waals surface area contributed by atoms with Gasteiger partial charge in [-0.25, -0.2) is 4.79 Å². The lowest BCUT2D eigenvalue weighted by Crippen LogP contribution is -2.05. The molecule has 1 heterocycles. The topological polar surface area (TPSA) is 50.1 Å². The molecule has 0 bridgehead atoms. The molecule has 0 amide bonds. The Balaban J connectivity index is 3.01. The average Bonchev–Trinajstić information content (AvgIpc) is 2.54. The largest absolute Gasteiger partial charge is 0.462 e. The number of rotatable bonds is 3. The van der Waals surface area contributed by atoms with Gasteiger partial charge in [-0.2, -0.15) is 5.26 Å². The van der Waals surface area contributed by atoms with Crippen molar-refractivity contribution >= 4 is 23.4 Å². The highest BCUT2D eigenvalue weighted by atomic mass is 32.1. The third-order valence-electron chi connectivity index (χ3n) is 2.00. The molecule has 0 aliphatic rings. The number of aryl methyl sites for hydroxylation is 2. The van der Waals surface area contributed by atoms with Gasteiger partial charge in [-0.3, -0.25) is 0 Å². The van der Waals surface area contributed by atoms with E-state index in [1.807, 2.05) is 26.0 Å².